The molecule has 2 heterocycles. The van der Waals surface area contributed by atoms with Gasteiger partial charge in [0.2, 0.25) is 0 Å². The van der Waals surface area contributed by atoms with Gasteiger partial charge in [-0.1, -0.05) is 12.1 Å². The molecule has 1 aromatic heterocycles. The average molecular weight is 325 g/mol. The van der Waals surface area contributed by atoms with Crippen molar-refractivity contribution in [1.82, 2.24) is 14.8 Å². The number of aryl methyl sites for hydroxylation is 1. The first-order valence-corrected chi connectivity index (χ1v) is 8.85. The Morgan fingerprint density at radius 2 is 2.00 bits per heavy atom. The highest BCUT2D eigenvalue weighted by Crippen LogP contribution is 2.33. The maximum absolute atomic E-state index is 13.1. The van der Waals surface area contributed by atoms with Gasteiger partial charge in [-0.2, -0.15) is 0 Å². The van der Waals surface area contributed by atoms with Gasteiger partial charge in [-0.25, -0.2) is 0 Å². The van der Waals surface area contributed by atoms with Crippen molar-refractivity contribution in [2.45, 2.75) is 32.7 Å². The molecular weight excluding hydrogens is 302 g/mol. The fourth-order valence-corrected chi connectivity index (χ4v) is 4.12. The number of Topliss-reactive ketones (excluding diaryl/α,β-unsaturated/α-hetero) is 1. The lowest BCUT2D eigenvalue weighted by atomic mass is 9.94. The number of nitrogens with one attached hydrogen (secondary N) is 1. The van der Waals surface area contributed by atoms with Gasteiger partial charge in [0.05, 0.1) is 11.1 Å². The molecule has 24 heavy (non-hydrogen) atoms. The van der Waals surface area contributed by atoms with E-state index in [4.69, 9.17) is 0 Å². The summed E-state index contributed by atoms with van der Waals surface area (Å²) in [6.07, 6.45) is 1.91. The highest BCUT2D eigenvalue weighted by molar-refractivity contribution is 6.08. The molecule has 1 N–H and O–H groups in total. The Labute approximate surface area is 141 Å². The summed E-state index contributed by atoms with van der Waals surface area (Å²) < 4.78 is 2.26. The molecule has 1 aromatic carbocycles. The lowest BCUT2D eigenvalue weighted by Gasteiger charge is -2.28. The van der Waals surface area contributed by atoms with Crippen LogP contribution in [0.3, 0.4) is 0 Å². The molecule has 0 radical (unpaired) electrons. The number of rotatable bonds is 2. The van der Waals surface area contributed by atoms with E-state index in [1.54, 1.807) is 0 Å². The van der Waals surface area contributed by atoms with E-state index in [1.165, 1.54) is 5.69 Å². The van der Waals surface area contributed by atoms with Crippen LogP contribution in [0.4, 0.5) is 0 Å². The van der Waals surface area contributed by atoms with Crippen LogP contribution in [0.1, 0.15) is 35.0 Å². The number of hydrogen-bond acceptors (Lipinski definition) is 3. The van der Waals surface area contributed by atoms with Crippen molar-refractivity contribution in [3.8, 4) is 0 Å². The van der Waals surface area contributed by atoms with E-state index in [9.17, 15) is 9.59 Å². The van der Waals surface area contributed by atoms with Crippen molar-refractivity contribution in [1.29, 1.82) is 0 Å². The van der Waals surface area contributed by atoms with Crippen molar-refractivity contribution >= 4 is 22.6 Å². The average Bonchev–Trinajstić information content (AvgIpc) is 2.95. The van der Waals surface area contributed by atoms with Crippen LogP contribution in [-0.2, 0) is 24.2 Å². The largest absolute Gasteiger partial charge is 0.344 e. The Morgan fingerprint density at radius 3 is 2.75 bits per heavy atom. The Kier molecular flexibility index (Phi) is 3.88. The summed E-state index contributed by atoms with van der Waals surface area (Å²) >= 11 is 0. The number of carbonyl (C=O) groups is 2. The quantitative estimate of drug-likeness (QED) is 0.915. The summed E-state index contributed by atoms with van der Waals surface area (Å²) in [7, 11) is 0. The SMILES string of the molecule is CCn1c2c(c3cccc(C(=O)N4CCNCC4)c31)CC(=O)CC2. The van der Waals surface area contributed by atoms with E-state index in [1.807, 2.05) is 17.0 Å². The summed E-state index contributed by atoms with van der Waals surface area (Å²) in [5.41, 5.74) is 4.17. The molecule has 4 rings (SSSR count). The van der Waals surface area contributed by atoms with Gasteiger partial charge in [0, 0.05) is 56.6 Å². The molecule has 1 fully saturated rings. The number of piperazine rings is 1. The minimum Gasteiger partial charge on any atom is -0.344 e. The van der Waals surface area contributed by atoms with Crippen LogP contribution >= 0.6 is 0 Å². The smallest absolute Gasteiger partial charge is 0.256 e. The summed E-state index contributed by atoms with van der Waals surface area (Å²) in [6, 6.07) is 5.96. The van der Waals surface area contributed by atoms with E-state index in [0.717, 1.165) is 61.2 Å². The molecule has 0 unspecified atom stereocenters. The third kappa shape index (κ3) is 2.35. The topological polar surface area (TPSA) is 54.3 Å². The minimum absolute atomic E-state index is 0.109. The molecule has 5 heteroatoms. The van der Waals surface area contributed by atoms with Crippen molar-refractivity contribution < 1.29 is 9.59 Å². The second-order valence-corrected chi connectivity index (χ2v) is 6.63. The number of carbonyl (C=O) groups excluding carboxylic acids is 2. The highest BCUT2D eigenvalue weighted by Gasteiger charge is 2.27. The van der Waals surface area contributed by atoms with Gasteiger partial charge in [0.25, 0.3) is 5.91 Å². The molecule has 5 nitrogen and oxygen atoms in total. The van der Waals surface area contributed by atoms with Crippen LogP contribution < -0.4 is 5.32 Å². The van der Waals surface area contributed by atoms with Gasteiger partial charge in [0.1, 0.15) is 5.78 Å². The summed E-state index contributed by atoms with van der Waals surface area (Å²) in [5, 5.41) is 4.37. The van der Waals surface area contributed by atoms with Gasteiger partial charge in [-0.05, 0) is 25.0 Å². The maximum atomic E-state index is 13.1. The number of amides is 1. The summed E-state index contributed by atoms with van der Waals surface area (Å²) in [6.45, 7) is 6.14. The fourth-order valence-electron chi connectivity index (χ4n) is 4.12. The van der Waals surface area contributed by atoms with E-state index >= 15 is 0 Å². The number of hydrogen-bond donors (Lipinski definition) is 1. The zero-order valence-electron chi connectivity index (χ0n) is 14.1. The first kappa shape index (κ1) is 15.4. The maximum Gasteiger partial charge on any atom is 0.256 e. The van der Waals surface area contributed by atoms with Crippen LogP contribution in [0.5, 0.6) is 0 Å². The van der Waals surface area contributed by atoms with E-state index < -0.39 is 0 Å². The monoisotopic (exact) mass is 325 g/mol. The molecule has 0 bridgehead atoms. The first-order valence-electron chi connectivity index (χ1n) is 8.85. The normalized spacial score (nSPS) is 18.0. The highest BCUT2D eigenvalue weighted by atomic mass is 16.2. The Hall–Kier alpha value is -2.14. The van der Waals surface area contributed by atoms with Gasteiger partial charge in [-0.3, -0.25) is 9.59 Å². The zero-order chi connectivity index (χ0) is 16.7. The summed E-state index contributed by atoms with van der Waals surface area (Å²) in [5.74, 6) is 0.412. The Morgan fingerprint density at radius 1 is 1.21 bits per heavy atom. The predicted molar refractivity (Wildman–Crippen MR) is 93.4 cm³/mol. The molecule has 2 aliphatic rings. The van der Waals surface area contributed by atoms with Crippen molar-refractivity contribution in [2.24, 2.45) is 0 Å². The molecule has 1 saturated heterocycles. The molecule has 0 atom stereocenters. The molecule has 126 valence electrons. The minimum atomic E-state index is 0.109. The Bertz CT molecular complexity index is 816. The van der Waals surface area contributed by atoms with Crippen molar-refractivity contribution in [3.63, 3.8) is 0 Å². The molecule has 2 aromatic rings. The lowest BCUT2D eigenvalue weighted by Crippen LogP contribution is -2.46. The molecule has 1 amide bonds. The molecular formula is C19H23N3O2. The van der Waals surface area contributed by atoms with Crippen LogP contribution in [0.2, 0.25) is 0 Å². The zero-order valence-corrected chi connectivity index (χ0v) is 14.1. The Balaban J connectivity index is 1.87. The molecule has 1 aliphatic heterocycles. The van der Waals surface area contributed by atoms with Crippen molar-refractivity contribution in [2.75, 3.05) is 26.2 Å². The van der Waals surface area contributed by atoms with E-state index in [0.29, 0.717) is 18.6 Å². The van der Waals surface area contributed by atoms with Crippen LogP contribution in [-0.4, -0.2) is 47.3 Å². The number of ketones is 1. The number of benzene rings is 1. The molecule has 0 saturated carbocycles. The first-order chi connectivity index (χ1) is 11.7. The van der Waals surface area contributed by atoms with Gasteiger partial charge < -0.3 is 14.8 Å². The van der Waals surface area contributed by atoms with E-state index in [2.05, 4.69) is 22.9 Å². The molecule has 0 spiro atoms. The van der Waals surface area contributed by atoms with Crippen molar-refractivity contribution in [3.05, 3.63) is 35.0 Å². The second kappa shape index (κ2) is 6.06. The van der Waals surface area contributed by atoms with E-state index in [-0.39, 0.29) is 5.91 Å². The molecule has 1 aliphatic carbocycles. The number of para-hydroxylation sites is 1. The number of aromatic nitrogens is 1. The standard InChI is InChI=1S/C19H23N3O2/c1-2-22-17-7-6-13(23)12-16(17)14-4-3-5-15(18(14)22)19(24)21-10-8-20-9-11-21/h3-5,20H,2,6-12H2,1H3. The van der Waals surface area contributed by atoms with Gasteiger partial charge in [-0.15, -0.1) is 0 Å². The van der Waals surface area contributed by atoms with Crippen LogP contribution in [0.25, 0.3) is 10.9 Å². The van der Waals surface area contributed by atoms with Crippen LogP contribution in [0.15, 0.2) is 18.2 Å². The third-order valence-corrected chi connectivity index (χ3v) is 5.27. The summed E-state index contributed by atoms with van der Waals surface area (Å²) in [4.78, 5) is 27.0. The third-order valence-electron chi connectivity index (χ3n) is 5.27. The van der Waals surface area contributed by atoms with Gasteiger partial charge >= 0.3 is 0 Å². The fraction of sp³-hybridized carbons (Fsp3) is 0.474. The van der Waals surface area contributed by atoms with Gasteiger partial charge in [0.15, 0.2) is 0 Å². The van der Waals surface area contributed by atoms with Crippen LogP contribution in [0, 0.1) is 0 Å². The predicted octanol–water partition coefficient (Wildman–Crippen LogP) is 1.76. The number of fused-ring (bicyclic) bond motifs is 3. The number of nitrogens with zero attached hydrogens (tertiary/aromatic N) is 2. The second-order valence-electron chi connectivity index (χ2n) is 6.63. The lowest BCUT2D eigenvalue weighted by molar-refractivity contribution is -0.118.